The smallest absolute Gasteiger partial charge is 0.318 e. The van der Waals surface area contributed by atoms with Gasteiger partial charge in [0.1, 0.15) is 19.9 Å². The monoisotopic (exact) mass is 162 g/mol. The molecule has 0 spiro atoms. The number of ether oxygens (including phenoxy) is 2. The van der Waals surface area contributed by atoms with Gasteiger partial charge in [-0.05, 0) is 0 Å². The van der Waals surface area contributed by atoms with E-state index in [2.05, 4.69) is 9.47 Å². The lowest BCUT2D eigenvalue weighted by molar-refractivity contribution is -0.154. The maximum Gasteiger partial charge on any atom is 0.318 e. The van der Waals surface area contributed by atoms with Gasteiger partial charge in [-0.1, -0.05) is 0 Å². The van der Waals surface area contributed by atoms with Crippen molar-refractivity contribution >= 4 is 11.9 Å². The number of hydrogen-bond acceptors (Lipinski definition) is 6. The van der Waals surface area contributed by atoms with Gasteiger partial charge >= 0.3 is 11.9 Å². The Labute approximate surface area is 63.4 Å². The van der Waals surface area contributed by atoms with Crippen molar-refractivity contribution in [2.24, 2.45) is 11.5 Å². The van der Waals surface area contributed by atoms with E-state index in [4.69, 9.17) is 11.5 Å². The summed E-state index contributed by atoms with van der Waals surface area (Å²) in [7, 11) is 0. The molecule has 0 saturated carbocycles. The molecule has 0 aromatic rings. The van der Waals surface area contributed by atoms with Gasteiger partial charge in [-0.15, -0.1) is 0 Å². The molecule has 0 atom stereocenters. The van der Waals surface area contributed by atoms with Crippen molar-refractivity contribution in [3.8, 4) is 0 Å². The van der Waals surface area contributed by atoms with Gasteiger partial charge in [0.15, 0.2) is 0 Å². The van der Waals surface area contributed by atoms with Gasteiger partial charge in [-0.25, -0.2) is 0 Å². The molecule has 0 fully saturated rings. The molecular weight excluding hydrogens is 152 g/mol. The van der Waals surface area contributed by atoms with Gasteiger partial charge in [0.2, 0.25) is 0 Å². The Morgan fingerprint density at radius 3 is 1.64 bits per heavy atom. The molecule has 0 amide bonds. The Bertz CT molecular complexity index is 131. The molecule has 0 aromatic carbocycles. The lowest BCUT2D eigenvalue weighted by atomic mass is 10.4. The summed E-state index contributed by atoms with van der Waals surface area (Å²) in [4.78, 5) is 21.0. The van der Waals surface area contributed by atoms with Gasteiger partial charge in [0.05, 0.1) is 0 Å². The van der Waals surface area contributed by atoms with Crippen LogP contribution < -0.4 is 11.5 Å². The largest absolute Gasteiger partial charge is 0.450 e. The van der Waals surface area contributed by atoms with E-state index in [1.165, 1.54) is 0 Å². The van der Waals surface area contributed by atoms with Crippen LogP contribution >= 0.6 is 0 Å². The summed E-state index contributed by atoms with van der Waals surface area (Å²) in [5.41, 5.74) is 9.72. The molecule has 0 rings (SSSR count). The van der Waals surface area contributed by atoms with Crippen molar-refractivity contribution in [3.05, 3.63) is 0 Å². The first-order valence-electron chi connectivity index (χ1n) is 2.92. The maximum atomic E-state index is 10.5. The van der Waals surface area contributed by atoms with Crippen molar-refractivity contribution in [1.82, 2.24) is 0 Å². The van der Waals surface area contributed by atoms with E-state index in [1.807, 2.05) is 0 Å². The van der Waals surface area contributed by atoms with Gasteiger partial charge in [-0.3, -0.25) is 21.1 Å². The second-order valence-electron chi connectivity index (χ2n) is 1.54. The molecule has 0 bridgehead atoms. The molecule has 0 aromatic heterocycles. The molecule has 0 radical (unpaired) electrons. The third-order valence-corrected chi connectivity index (χ3v) is 0.777. The Morgan fingerprint density at radius 2 is 1.36 bits per heavy atom. The van der Waals surface area contributed by atoms with Gasteiger partial charge < -0.3 is 9.47 Å². The van der Waals surface area contributed by atoms with Crippen molar-refractivity contribution in [2.75, 3.05) is 13.5 Å². The summed E-state index contributed by atoms with van der Waals surface area (Å²) in [6, 6.07) is 0. The van der Waals surface area contributed by atoms with Crippen molar-refractivity contribution in [1.29, 1.82) is 0 Å². The van der Waals surface area contributed by atoms with Crippen LogP contribution in [0.3, 0.4) is 0 Å². The number of carbonyl (C=O) groups is 2. The lowest BCUT2D eigenvalue weighted by Gasteiger charge is -2.00. The minimum absolute atomic E-state index is 0.241. The van der Waals surface area contributed by atoms with Gasteiger partial charge in [-0.2, -0.15) is 0 Å². The zero-order valence-corrected chi connectivity index (χ0v) is 5.91. The fraction of sp³-hybridized carbons (Fsp3) is 0.600. The molecule has 4 N–H and O–H groups in total. The number of hydrogen-bond donors (Lipinski definition) is 2. The molecule has 11 heavy (non-hydrogen) atoms. The highest BCUT2D eigenvalue weighted by Gasteiger charge is 2.09. The average molecular weight is 162 g/mol. The van der Waals surface area contributed by atoms with Crippen LogP contribution in [-0.4, -0.2) is 25.4 Å². The number of rotatable bonds is 4. The normalized spacial score (nSPS) is 8.91. The Kier molecular flexibility index (Phi) is 5.05. The highest BCUT2D eigenvalue weighted by atomic mass is 16.6. The molecule has 0 saturated heterocycles. The van der Waals surface area contributed by atoms with E-state index in [-0.39, 0.29) is 13.5 Å². The quantitative estimate of drug-likeness (QED) is 0.290. The predicted octanol–water partition coefficient (Wildman–Crippen LogP) is -1.70. The minimum atomic E-state index is -0.717. The first kappa shape index (κ1) is 9.86. The van der Waals surface area contributed by atoms with Crippen LogP contribution in [0.15, 0.2) is 0 Å². The van der Waals surface area contributed by atoms with Gasteiger partial charge in [0, 0.05) is 0 Å². The van der Waals surface area contributed by atoms with Crippen molar-refractivity contribution in [2.45, 2.75) is 6.42 Å². The molecule has 0 unspecified atom stereocenters. The average Bonchev–Trinajstić information content (AvgIpc) is 1.87. The summed E-state index contributed by atoms with van der Waals surface area (Å²) in [5.74, 6) is -1.43. The zero-order valence-electron chi connectivity index (χ0n) is 5.91. The summed E-state index contributed by atoms with van der Waals surface area (Å²) >= 11 is 0. The van der Waals surface area contributed by atoms with E-state index in [0.717, 1.165) is 0 Å². The van der Waals surface area contributed by atoms with E-state index in [9.17, 15) is 9.59 Å². The molecule has 0 aliphatic rings. The summed E-state index contributed by atoms with van der Waals surface area (Å²) < 4.78 is 8.51. The van der Waals surface area contributed by atoms with Crippen LogP contribution in [-0.2, 0) is 19.1 Å². The second-order valence-corrected chi connectivity index (χ2v) is 1.54. The van der Waals surface area contributed by atoms with Crippen LogP contribution in [0, 0.1) is 0 Å². The minimum Gasteiger partial charge on any atom is -0.450 e. The van der Waals surface area contributed by atoms with Crippen molar-refractivity contribution < 1.29 is 19.1 Å². The molecule has 0 heterocycles. The molecule has 0 aliphatic carbocycles. The van der Waals surface area contributed by atoms with E-state index in [1.54, 1.807) is 0 Å². The van der Waals surface area contributed by atoms with E-state index in [0.29, 0.717) is 0 Å². The topological polar surface area (TPSA) is 105 Å². The Balaban J connectivity index is 3.49. The number of nitrogens with two attached hydrogens (primary N) is 2. The Morgan fingerprint density at radius 1 is 1.00 bits per heavy atom. The maximum absolute atomic E-state index is 10.5. The standard InChI is InChI=1S/C5H10N2O4/c6-2-10-4(8)1-5(9)11-3-7/h1-3,6-7H2. The second kappa shape index (κ2) is 5.63. The van der Waals surface area contributed by atoms with E-state index >= 15 is 0 Å². The van der Waals surface area contributed by atoms with Crippen LogP contribution in [0.4, 0.5) is 0 Å². The fourth-order valence-corrected chi connectivity index (χ4v) is 0.406. The third kappa shape index (κ3) is 5.31. The molecule has 0 aliphatic heterocycles. The third-order valence-electron chi connectivity index (χ3n) is 0.777. The fourth-order valence-electron chi connectivity index (χ4n) is 0.406. The zero-order chi connectivity index (χ0) is 8.69. The summed E-state index contributed by atoms with van der Waals surface area (Å²) in [6.45, 7) is -0.483. The summed E-state index contributed by atoms with van der Waals surface area (Å²) in [5, 5.41) is 0. The Hall–Kier alpha value is -1.14. The molecule has 6 nitrogen and oxygen atoms in total. The SMILES string of the molecule is NCOC(=O)CC(=O)OCN. The molecular formula is C5H10N2O4. The predicted molar refractivity (Wildman–Crippen MR) is 34.9 cm³/mol. The molecule has 6 heteroatoms. The van der Waals surface area contributed by atoms with Gasteiger partial charge in [0.25, 0.3) is 0 Å². The number of carbonyl (C=O) groups excluding carboxylic acids is 2. The molecule has 64 valence electrons. The lowest BCUT2D eigenvalue weighted by Crippen LogP contribution is -2.19. The first-order valence-corrected chi connectivity index (χ1v) is 2.92. The van der Waals surface area contributed by atoms with Crippen LogP contribution in [0.2, 0.25) is 0 Å². The van der Waals surface area contributed by atoms with E-state index < -0.39 is 18.4 Å². The summed E-state index contributed by atoms with van der Waals surface area (Å²) in [6.07, 6.45) is -0.450. The highest BCUT2D eigenvalue weighted by Crippen LogP contribution is 1.87. The number of esters is 2. The highest BCUT2D eigenvalue weighted by molar-refractivity contribution is 5.91. The van der Waals surface area contributed by atoms with Crippen LogP contribution in [0.5, 0.6) is 0 Å². The van der Waals surface area contributed by atoms with Crippen molar-refractivity contribution in [3.63, 3.8) is 0 Å². The van der Waals surface area contributed by atoms with Crippen LogP contribution in [0.1, 0.15) is 6.42 Å². The van der Waals surface area contributed by atoms with Crippen LogP contribution in [0.25, 0.3) is 0 Å². The first-order chi connectivity index (χ1) is 5.20.